The molecule has 0 bridgehead atoms. The van der Waals surface area contributed by atoms with Gasteiger partial charge in [-0.2, -0.15) is 0 Å². The van der Waals surface area contributed by atoms with Crippen LogP contribution in [0.15, 0.2) is 42.5 Å². The summed E-state index contributed by atoms with van der Waals surface area (Å²) in [6.45, 7) is 3.66. The number of amides is 2. The Labute approximate surface area is 197 Å². The second-order valence-corrected chi connectivity index (χ2v) is 7.72. The van der Waals surface area contributed by atoms with Crippen molar-refractivity contribution in [2.75, 3.05) is 23.8 Å². The van der Waals surface area contributed by atoms with Crippen LogP contribution < -0.4 is 10.6 Å². The van der Waals surface area contributed by atoms with E-state index in [1.165, 1.54) is 6.07 Å². The van der Waals surface area contributed by atoms with Gasteiger partial charge < -0.3 is 20.1 Å². The highest BCUT2D eigenvalue weighted by Crippen LogP contribution is 2.20. The van der Waals surface area contributed by atoms with E-state index in [1.807, 2.05) is 13.8 Å². The molecule has 176 valence electrons. The molecule has 0 aliphatic rings. The summed E-state index contributed by atoms with van der Waals surface area (Å²) in [7, 11) is 0. The third-order valence-electron chi connectivity index (χ3n) is 4.51. The van der Waals surface area contributed by atoms with Gasteiger partial charge in [0.2, 0.25) is 5.91 Å². The Hall–Kier alpha value is -3.39. The van der Waals surface area contributed by atoms with E-state index in [0.717, 1.165) is 18.4 Å². The van der Waals surface area contributed by atoms with Gasteiger partial charge in [-0.3, -0.25) is 14.4 Å². The lowest BCUT2D eigenvalue weighted by Gasteiger charge is -2.10. The predicted octanol–water partition coefficient (Wildman–Crippen LogP) is 4.51. The van der Waals surface area contributed by atoms with Crippen molar-refractivity contribution in [3.8, 4) is 0 Å². The van der Waals surface area contributed by atoms with Crippen LogP contribution in [0, 0.1) is 6.92 Å². The summed E-state index contributed by atoms with van der Waals surface area (Å²) in [5.41, 5.74) is 2.08. The molecule has 0 aliphatic heterocycles. The minimum Gasteiger partial charge on any atom is -0.462 e. The molecule has 33 heavy (non-hydrogen) atoms. The van der Waals surface area contributed by atoms with E-state index in [1.54, 1.807) is 36.4 Å². The number of rotatable bonds is 11. The Morgan fingerprint density at radius 1 is 0.939 bits per heavy atom. The highest BCUT2D eigenvalue weighted by atomic mass is 35.5. The van der Waals surface area contributed by atoms with Crippen LogP contribution in [0.25, 0.3) is 0 Å². The molecule has 0 spiro atoms. The van der Waals surface area contributed by atoms with E-state index < -0.39 is 30.4 Å². The molecule has 0 fully saturated rings. The average molecular weight is 475 g/mol. The molecule has 9 heteroatoms. The van der Waals surface area contributed by atoms with Crippen molar-refractivity contribution >= 4 is 46.7 Å². The minimum absolute atomic E-state index is 0.140. The normalized spacial score (nSPS) is 10.3. The number of halogens is 1. The van der Waals surface area contributed by atoms with E-state index in [0.29, 0.717) is 28.6 Å². The van der Waals surface area contributed by atoms with Gasteiger partial charge in [0, 0.05) is 22.8 Å². The molecular weight excluding hydrogens is 448 g/mol. The van der Waals surface area contributed by atoms with Crippen LogP contribution in [0.5, 0.6) is 0 Å². The largest absolute Gasteiger partial charge is 0.462 e. The highest BCUT2D eigenvalue weighted by molar-refractivity contribution is 6.31. The molecule has 2 aromatic carbocycles. The van der Waals surface area contributed by atoms with E-state index in [4.69, 9.17) is 21.1 Å². The zero-order chi connectivity index (χ0) is 24.2. The van der Waals surface area contributed by atoms with Crippen LogP contribution in [-0.2, 0) is 23.9 Å². The maximum atomic E-state index is 12.1. The minimum atomic E-state index is -0.684. The molecule has 0 heterocycles. The van der Waals surface area contributed by atoms with Gasteiger partial charge in [-0.25, -0.2) is 4.79 Å². The number of benzene rings is 2. The topological polar surface area (TPSA) is 111 Å². The van der Waals surface area contributed by atoms with Crippen LogP contribution in [-0.4, -0.2) is 37.0 Å². The zero-order valence-corrected chi connectivity index (χ0v) is 19.4. The van der Waals surface area contributed by atoms with E-state index in [2.05, 4.69) is 10.6 Å². The molecule has 2 N–H and O–H groups in total. The lowest BCUT2D eigenvalue weighted by molar-refractivity contribution is -0.147. The van der Waals surface area contributed by atoms with Crippen molar-refractivity contribution in [2.45, 2.75) is 39.5 Å². The standard InChI is InChI=1S/C24H27ClN2O6/c1-3-4-12-32-24(31)17-6-5-7-19(13-17)26-21(28)10-11-23(30)33-15-22(29)27-20-14-18(25)9-8-16(20)2/h5-9,13-14H,3-4,10-12,15H2,1-2H3,(H,26,28)(H,27,29). The van der Waals surface area contributed by atoms with Crippen molar-refractivity contribution in [3.63, 3.8) is 0 Å². The maximum absolute atomic E-state index is 12.1. The third kappa shape index (κ3) is 9.33. The number of hydrogen-bond acceptors (Lipinski definition) is 6. The Morgan fingerprint density at radius 2 is 1.73 bits per heavy atom. The van der Waals surface area contributed by atoms with Crippen LogP contribution in [0.4, 0.5) is 11.4 Å². The van der Waals surface area contributed by atoms with Crippen molar-refractivity contribution in [1.29, 1.82) is 0 Å². The average Bonchev–Trinajstić information content (AvgIpc) is 2.79. The Bertz CT molecular complexity index is 1010. The molecule has 2 aromatic rings. The first-order valence-corrected chi connectivity index (χ1v) is 10.9. The van der Waals surface area contributed by atoms with Crippen molar-refractivity contribution in [3.05, 3.63) is 58.6 Å². The number of unbranched alkanes of at least 4 members (excludes halogenated alkanes) is 1. The predicted molar refractivity (Wildman–Crippen MR) is 125 cm³/mol. The fourth-order valence-corrected chi connectivity index (χ4v) is 2.86. The second-order valence-electron chi connectivity index (χ2n) is 7.29. The zero-order valence-electron chi connectivity index (χ0n) is 18.6. The van der Waals surface area contributed by atoms with Crippen molar-refractivity contribution < 1.29 is 28.7 Å². The lowest BCUT2D eigenvalue weighted by atomic mass is 10.2. The van der Waals surface area contributed by atoms with Crippen molar-refractivity contribution in [1.82, 2.24) is 0 Å². The number of esters is 2. The molecule has 0 aromatic heterocycles. The summed E-state index contributed by atoms with van der Waals surface area (Å²) < 4.78 is 10.1. The Morgan fingerprint density at radius 3 is 2.48 bits per heavy atom. The fourth-order valence-electron chi connectivity index (χ4n) is 2.69. The molecule has 0 atom stereocenters. The summed E-state index contributed by atoms with van der Waals surface area (Å²) in [6.07, 6.45) is 1.35. The van der Waals surface area contributed by atoms with Crippen LogP contribution in [0.1, 0.15) is 48.5 Å². The smallest absolute Gasteiger partial charge is 0.338 e. The number of aryl methyl sites for hydroxylation is 1. The summed E-state index contributed by atoms with van der Waals surface area (Å²) in [4.78, 5) is 48.0. The molecule has 0 saturated carbocycles. The van der Waals surface area contributed by atoms with Crippen LogP contribution in [0.2, 0.25) is 5.02 Å². The molecular formula is C24H27ClN2O6. The SMILES string of the molecule is CCCCOC(=O)c1cccc(NC(=O)CCC(=O)OCC(=O)Nc2cc(Cl)ccc2C)c1. The Balaban J connectivity index is 1.74. The Kier molecular flexibility index (Phi) is 10.4. The summed E-state index contributed by atoms with van der Waals surface area (Å²) >= 11 is 5.91. The molecule has 8 nitrogen and oxygen atoms in total. The van der Waals surface area contributed by atoms with Gasteiger partial charge in [-0.05, 0) is 49.2 Å². The van der Waals surface area contributed by atoms with E-state index >= 15 is 0 Å². The summed E-state index contributed by atoms with van der Waals surface area (Å²) in [5, 5.41) is 5.71. The molecule has 2 rings (SSSR count). The lowest BCUT2D eigenvalue weighted by Crippen LogP contribution is -2.22. The quantitative estimate of drug-likeness (QED) is 0.366. The molecule has 0 unspecified atom stereocenters. The molecule has 0 saturated heterocycles. The number of anilines is 2. The number of carbonyl (C=O) groups excluding carboxylic acids is 4. The van der Waals surface area contributed by atoms with Crippen LogP contribution >= 0.6 is 11.6 Å². The monoisotopic (exact) mass is 474 g/mol. The van der Waals surface area contributed by atoms with Gasteiger partial charge in [0.05, 0.1) is 18.6 Å². The first kappa shape index (κ1) is 25.9. The third-order valence-corrected chi connectivity index (χ3v) is 4.74. The maximum Gasteiger partial charge on any atom is 0.338 e. The molecule has 0 radical (unpaired) electrons. The first-order chi connectivity index (χ1) is 15.8. The van der Waals surface area contributed by atoms with Gasteiger partial charge in [0.1, 0.15) is 0 Å². The van der Waals surface area contributed by atoms with E-state index in [9.17, 15) is 19.2 Å². The summed E-state index contributed by atoms with van der Waals surface area (Å²) in [6, 6.07) is 11.4. The van der Waals surface area contributed by atoms with Crippen LogP contribution in [0.3, 0.4) is 0 Å². The molecule has 2 amide bonds. The van der Waals surface area contributed by atoms with Gasteiger partial charge in [-0.1, -0.05) is 37.1 Å². The van der Waals surface area contributed by atoms with Gasteiger partial charge in [0.25, 0.3) is 5.91 Å². The fraction of sp³-hybridized carbons (Fsp3) is 0.333. The molecule has 0 aliphatic carbocycles. The van der Waals surface area contributed by atoms with Gasteiger partial charge >= 0.3 is 11.9 Å². The van der Waals surface area contributed by atoms with Gasteiger partial charge in [-0.15, -0.1) is 0 Å². The number of hydrogen-bond donors (Lipinski definition) is 2. The summed E-state index contributed by atoms with van der Waals surface area (Å²) in [5.74, 6) is -2.09. The number of nitrogens with one attached hydrogen (secondary N) is 2. The number of carbonyl (C=O) groups is 4. The van der Waals surface area contributed by atoms with E-state index in [-0.39, 0.29) is 12.8 Å². The highest BCUT2D eigenvalue weighted by Gasteiger charge is 2.13. The van der Waals surface area contributed by atoms with Crippen molar-refractivity contribution in [2.24, 2.45) is 0 Å². The number of ether oxygens (including phenoxy) is 2. The van der Waals surface area contributed by atoms with Gasteiger partial charge in [0.15, 0.2) is 6.61 Å². The second kappa shape index (κ2) is 13.2. The first-order valence-electron chi connectivity index (χ1n) is 10.6.